The van der Waals surface area contributed by atoms with Crippen LogP contribution in [0.2, 0.25) is 0 Å². The molecule has 30 heavy (non-hydrogen) atoms. The minimum absolute atomic E-state index is 0.150. The molecular formula is C28H40FN. The van der Waals surface area contributed by atoms with Crippen molar-refractivity contribution in [1.82, 2.24) is 4.98 Å². The largest absolute Gasteiger partial charge is 0.256 e. The van der Waals surface area contributed by atoms with Gasteiger partial charge in [0.2, 0.25) is 0 Å². The molecule has 1 fully saturated rings. The molecule has 0 atom stereocenters. The molecule has 0 unspecified atom stereocenters. The first kappa shape index (κ1) is 23.0. The van der Waals surface area contributed by atoms with E-state index in [-0.39, 0.29) is 5.82 Å². The molecule has 1 saturated carbocycles. The zero-order valence-electron chi connectivity index (χ0n) is 19.1. The molecule has 1 aliphatic carbocycles. The summed E-state index contributed by atoms with van der Waals surface area (Å²) in [4.78, 5) is 4.63. The Balaban J connectivity index is 1.50. The molecule has 0 amide bonds. The Labute approximate surface area is 183 Å². The molecule has 0 saturated heterocycles. The minimum Gasteiger partial charge on any atom is -0.256 e. The van der Waals surface area contributed by atoms with Gasteiger partial charge in [-0.15, -0.1) is 0 Å². The van der Waals surface area contributed by atoms with Gasteiger partial charge in [-0.05, 0) is 79.7 Å². The van der Waals surface area contributed by atoms with Crippen LogP contribution in [0.3, 0.4) is 0 Å². The van der Waals surface area contributed by atoms with Gasteiger partial charge in [0.25, 0.3) is 0 Å². The number of pyridine rings is 1. The summed E-state index contributed by atoms with van der Waals surface area (Å²) in [6, 6.07) is 9.83. The molecule has 1 aromatic carbocycles. The van der Waals surface area contributed by atoms with Crippen LogP contribution < -0.4 is 0 Å². The first-order valence-corrected chi connectivity index (χ1v) is 12.5. The molecule has 164 valence electrons. The lowest BCUT2D eigenvalue weighted by Gasteiger charge is -2.28. The van der Waals surface area contributed by atoms with Gasteiger partial charge in [-0.1, -0.05) is 70.9 Å². The zero-order chi connectivity index (χ0) is 21.2. The van der Waals surface area contributed by atoms with Gasteiger partial charge in [0.05, 0.1) is 5.69 Å². The number of aromatic nitrogens is 1. The number of unbranched alkanes of at least 4 members (excludes halogenated alkanes) is 5. The van der Waals surface area contributed by atoms with E-state index >= 15 is 0 Å². The smallest absolute Gasteiger partial charge is 0.132 e. The van der Waals surface area contributed by atoms with Crippen molar-refractivity contribution >= 4 is 0 Å². The van der Waals surface area contributed by atoms with Crippen LogP contribution in [0.1, 0.15) is 108 Å². The molecule has 0 aliphatic heterocycles. The van der Waals surface area contributed by atoms with Gasteiger partial charge in [-0.3, -0.25) is 4.98 Å². The van der Waals surface area contributed by atoms with Crippen LogP contribution >= 0.6 is 0 Å². The Morgan fingerprint density at radius 2 is 1.63 bits per heavy atom. The number of hydrogen-bond acceptors (Lipinski definition) is 1. The second-order valence-corrected chi connectivity index (χ2v) is 9.32. The van der Waals surface area contributed by atoms with Crippen molar-refractivity contribution in [3.63, 3.8) is 0 Å². The standard InChI is InChI=1S/C28H40FN/c1-3-5-7-8-9-11-22-12-15-24(16-13-22)25-17-19-28(30-21-25)26-18-14-23(10-6-4-2)20-27(26)29/h14,17-22,24H,3-13,15-16H2,1-2H3/t22-,24-. The Morgan fingerprint density at radius 3 is 2.30 bits per heavy atom. The average molecular weight is 410 g/mol. The second-order valence-electron chi connectivity index (χ2n) is 9.32. The van der Waals surface area contributed by atoms with Crippen LogP contribution in [0.4, 0.5) is 4.39 Å². The highest BCUT2D eigenvalue weighted by molar-refractivity contribution is 5.60. The van der Waals surface area contributed by atoms with E-state index in [1.54, 1.807) is 6.07 Å². The fourth-order valence-electron chi connectivity index (χ4n) is 4.93. The Kier molecular flexibility index (Phi) is 9.36. The summed E-state index contributed by atoms with van der Waals surface area (Å²) in [5.41, 5.74) is 3.78. The van der Waals surface area contributed by atoms with Crippen LogP contribution in [0.5, 0.6) is 0 Å². The van der Waals surface area contributed by atoms with Gasteiger partial charge in [-0.25, -0.2) is 4.39 Å². The molecule has 2 aromatic rings. The lowest BCUT2D eigenvalue weighted by Crippen LogP contribution is -2.13. The van der Waals surface area contributed by atoms with Gasteiger partial charge in [0.1, 0.15) is 5.82 Å². The van der Waals surface area contributed by atoms with Crippen LogP contribution in [0, 0.1) is 11.7 Å². The van der Waals surface area contributed by atoms with Crippen molar-refractivity contribution in [2.24, 2.45) is 5.92 Å². The Bertz CT molecular complexity index is 744. The fraction of sp³-hybridized carbons (Fsp3) is 0.607. The summed E-state index contributed by atoms with van der Waals surface area (Å²) in [7, 11) is 0. The number of halogens is 1. The van der Waals surface area contributed by atoms with Crippen molar-refractivity contribution in [3.05, 3.63) is 53.5 Å². The van der Waals surface area contributed by atoms with Gasteiger partial charge < -0.3 is 0 Å². The van der Waals surface area contributed by atoms with E-state index in [1.807, 2.05) is 24.4 Å². The molecule has 1 heterocycles. The SMILES string of the molecule is CCCCCCC[C@H]1CC[C@H](c2ccc(-c3ccc(CCCC)cc3F)nc2)CC1. The van der Waals surface area contributed by atoms with Crippen LogP contribution in [0.15, 0.2) is 36.5 Å². The molecule has 0 radical (unpaired) electrons. The van der Waals surface area contributed by atoms with Crippen molar-refractivity contribution < 1.29 is 4.39 Å². The normalized spacial score (nSPS) is 19.2. The Morgan fingerprint density at radius 1 is 0.867 bits per heavy atom. The van der Waals surface area contributed by atoms with Crippen molar-refractivity contribution in [3.8, 4) is 11.3 Å². The summed E-state index contributed by atoms with van der Waals surface area (Å²) in [5.74, 6) is 1.41. The first-order valence-electron chi connectivity index (χ1n) is 12.5. The predicted molar refractivity (Wildman–Crippen MR) is 126 cm³/mol. The van der Waals surface area contributed by atoms with E-state index in [2.05, 4.69) is 24.9 Å². The maximum absolute atomic E-state index is 14.6. The summed E-state index contributed by atoms with van der Waals surface area (Å²) in [5, 5.41) is 0. The number of aryl methyl sites for hydroxylation is 1. The lowest BCUT2D eigenvalue weighted by molar-refractivity contribution is 0.301. The van der Waals surface area contributed by atoms with Crippen LogP contribution in [0.25, 0.3) is 11.3 Å². The number of hydrogen-bond donors (Lipinski definition) is 0. The number of benzene rings is 1. The molecule has 0 N–H and O–H groups in total. The van der Waals surface area contributed by atoms with E-state index in [0.29, 0.717) is 11.5 Å². The van der Waals surface area contributed by atoms with E-state index in [4.69, 9.17) is 0 Å². The predicted octanol–water partition coefficient (Wildman–Crippen LogP) is 8.86. The van der Waals surface area contributed by atoms with Gasteiger partial charge in [-0.2, -0.15) is 0 Å². The highest BCUT2D eigenvalue weighted by Crippen LogP contribution is 2.38. The molecule has 1 aliphatic rings. The third-order valence-electron chi connectivity index (χ3n) is 6.95. The van der Waals surface area contributed by atoms with Crippen LogP contribution in [-0.4, -0.2) is 4.98 Å². The average Bonchev–Trinajstić information content (AvgIpc) is 2.78. The van der Waals surface area contributed by atoms with Gasteiger partial charge in [0, 0.05) is 11.8 Å². The van der Waals surface area contributed by atoms with E-state index in [9.17, 15) is 4.39 Å². The maximum Gasteiger partial charge on any atom is 0.132 e. The minimum atomic E-state index is -0.150. The van der Waals surface area contributed by atoms with Crippen molar-refractivity contribution in [1.29, 1.82) is 0 Å². The second kappa shape index (κ2) is 12.2. The highest BCUT2D eigenvalue weighted by Gasteiger charge is 2.22. The van der Waals surface area contributed by atoms with Gasteiger partial charge in [0.15, 0.2) is 0 Å². The molecule has 0 spiro atoms. The van der Waals surface area contributed by atoms with E-state index in [1.165, 1.54) is 69.8 Å². The first-order chi connectivity index (χ1) is 14.7. The summed E-state index contributed by atoms with van der Waals surface area (Å²) in [6.45, 7) is 4.45. The summed E-state index contributed by atoms with van der Waals surface area (Å²) < 4.78 is 14.6. The molecule has 3 rings (SSSR count). The van der Waals surface area contributed by atoms with Gasteiger partial charge >= 0.3 is 0 Å². The molecular weight excluding hydrogens is 369 g/mol. The molecule has 2 heteroatoms. The maximum atomic E-state index is 14.6. The lowest BCUT2D eigenvalue weighted by atomic mass is 9.77. The topological polar surface area (TPSA) is 12.9 Å². The van der Waals surface area contributed by atoms with E-state index in [0.717, 1.165) is 36.4 Å². The fourth-order valence-corrected chi connectivity index (χ4v) is 4.93. The Hall–Kier alpha value is -1.70. The summed E-state index contributed by atoms with van der Waals surface area (Å²) in [6.07, 6.45) is 18.8. The third kappa shape index (κ3) is 6.65. The zero-order valence-corrected chi connectivity index (χ0v) is 19.1. The molecule has 1 aromatic heterocycles. The van der Waals surface area contributed by atoms with Crippen molar-refractivity contribution in [2.75, 3.05) is 0 Å². The van der Waals surface area contributed by atoms with E-state index < -0.39 is 0 Å². The van der Waals surface area contributed by atoms with Crippen LogP contribution in [-0.2, 0) is 6.42 Å². The number of nitrogens with zero attached hydrogens (tertiary/aromatic N) is 1. The number of rotatable bonds is 11. The third-order valence-corrected chi connectivity index (χ3v) is 6.95. The molecule has 1 nitrogen and oxygen atoms in total. The highest BCUT2D eigenvalue weighted by atomic mass is 19.1. The quantitative estimate of drug-likeness (QED) is 0.338. The van der Waals surface area contributed by atoms with Crippen molar-refractivity contribution in [2.45, 2.75) is 103 Å². The monoisotopic (exact) mass is 409 g/mol. The summed E-state index contributed by atoms with van der Waals surface area (Å²) >= 11 is 0. The molecule has 0 bridgehead atoms.